The van der Waals surface area contributed by atoms with Crippen molar-refractivity contribution in [2.45, 2.75) is 64.8 Å². The number of fused-ring (bicyclic) bond motifs is 5. The summed E-state index contributed by atoms with van der Waals surface area (Å²) in [5.74, 6) is 3.45. The zero-order chi connectivity index (χ0) is 21.4. The molecule has 3 aliphatic rings. The molecule has 1 N–H and O–H groups in total. The van der Waals surface area contributed by atoms with Crippen LogP contribution in [0.25, 0.3) is 0 Å². The van der Waals surface area contributed by atoms with E-state index in [-0.39, 0.29) is 5.41 Å². The summed E-state index contributed by atoms with van der Waals surface area (Å²) in [6.45, 7) is 6.81. The van der Waals surface area contributed by atoms with Crippen molar-refractivity contribution in [2.24, 2.45) is 17.3 Å². The van der Waals surface area contributed by atoms with Crippen LogP contribution in [0.1, 0.15) is 67.2 Å². The van der Waals surface area contributed by atoms with Gasteiger partial charge in [0.25, 0.3) is 0 Å². The van der Waals surface area contributed by atoms with Crippen LogP contribution in [-0.2, 0) is 17.8 Å². The average molecular weight is 418 g/mol. The number of carbonyl (C=O) groups excluding carboxylic acids is 1. The van der Waals surface area contributed by atoms with Crippen molar-refractivity contribution in [2.75, 3.05) is 13.2 Å². The summed E-state index contributed by atoms with van der Waals surface area (Å²) in [7, 11) is 0. The van der Waals surface area contributed by atoms with Crippen molar-refractivity contribution in [1.82, 2.24) is 5.32 Å². The molecule has 2 fully saturated rings. The van der Waals surface area contributed by atoms with Gasteiger partial charge in [-0.05, 0) is 91.2 Å². The Bertz CT molecular complexity index is 967. The van der Waals surface area contributed by atoms with Crippen LogP contribution in [0.15, 0.2) is 42.5 Å². The van der Waals surface area contributed by atoms with E-state index in [0.29, 0.717) is 30.1 Å². The lowest BCUT2D eigenvalue weighted by Crippen LogP contribution is -2.42. The second-order valence-electron chi connectivity index (χ2n) is 10.1. The molecule has 0 unspecified atom stereocenters. The lowest BCUT2D eigenvalue weighted by molar-refractivity contribution is -0.129. The summed E-state index contributed by atoms with van der Waals surface area (Å²) < 4.78 is 6.07. The molecule has 3 nitrogen and oxygen atoms in total. The van der Waals surface area contributed by atoms with Gasteiger partial charge in [0.05, 0.1) is 0 Å². The molecule has 2 saturated carbocycles. The van der Waals surface area contributed by atoms with E-state index in [0.717, 1.165) is 44.5 Å². The molecule has 2 aromatic carbocycles. The zero-order valence-corrected chi connectivity index (χ0v) is 19.0. The molecule has 3 heteroatoms. The van der Waals surface area contributed by atoms with Crippen molar-refractivity contribution in [3.05, 3.63) is 64.7 Å². The van der Waals surface area contributed by atoms with Crippen molar-refractivity contribution in [3.63, 3.8) is 0 Å². The molecule has 0 saturated heterocycles. The molecule has 0 aliphatic heterocycles. The monoisotopic (exact) mass is 417 g/mol. The molecule has 0 amide bonds. The summed E-state index contributed by atoms with van der Waals surface area (Å²) in [5, 5.41) is 3.49. The Morgan fingerprint density at radius 2 is 1.97 bits per heavy atom. The highest BCUT2D eigenvalue weighted by Gasteiger charge is 2.54. The fraction of sp³-hybridized carbons (Fsp3) is 0.536. The molecule has 164 valence electrons. The summed E-state index contributed by atoms with van der Waals surface area (Å²) >= 11 is 0. The maximum absolute atomic E-state index is 12.5. The van der Waals surface area contributed by atoms with Crippen LogP contribution >= 0.6 is 0 Å². The highest BCUT2D eigenvalue weighted by atomic mass is 16.5. The van der Waals surface area contributed by atoms with E-state index >= 15 is 0 Å². The summed E-state index contributed by atoms with van der Waals surface area (Å²) in [5.41, 5.74) is 5.64. The van der Waals surface area contributed by atoms with E-state index in [1.165, 1.54) is 35.1 Å². The molecule has 2 aromatic rings. The van der Waals surface area contributed by atoms with Gasteiger partial charge in [-0.15, -0.1) is 0 Å². The molecular formula is C28H35NO2. The van der Waals surface area contributed by atoms with Crippen molar-refractivity contribution in [3.8, 4) is 5.75 Å². The summed E-state index contributed by atoms with van der Waals surface area (Å²) in [4.78, 5) is 12.5. The van der Waals surface area contributed by atoms with Crippen LogP contribution in [0.3, 0.4) is 0 Å². The predicted octanol–water partition coefficient (Wildman–Crippen LogP) is 5.59. The third kappa shape index (κ3) is 3.82. The minimum atomic E-state index is -0.0347. The van der Waals surface area contributed by atoms with Crippen LogP contribution in [0.4, 0.5) is 0 Å². The van der Waals surface area contributed by atoms with Crippen LogP contribution in [0.2, 0.25) is 0 Å². The molecule has 0 spiro atoms. The van der Waals surface area contributed by atoms with Crippen molar-refractivity contribution >= 4 is 5.78 Å². The molecule has 4 atom stereocenters. The van der Waals surface area contributed by atoms with Gasteiger partial charge < -0.3 is 10.1 Å². The minimum Gasteiger partial charge on any atom is -0.492 e. The van der Waals surface area contributed by atoms with Crippen molar-refractivity contribution < 1.29 is 9.53 Å². The van der Waals surface area contributed by atoms with E-state index in [1.807, 2.05) is 0 Å². The molecule has 31 heavy (non-hydrogen) atoms. The molecule has 3 aliphatic carbocycles. The summed E-state index contributed by atoms with van der Waals surface area (Å²) in [6.07, 6.45) is 6.51. The lowest BCUT2D eigenvalue weighted by Gasteiger charge is -2.48. The highest BCUT2D eigenvalue weighted by Crippen LogP contribution is 2.59. The van der Waals surface area contributed by atoms with E-state index in [1.54, 1.807) is 0 Å². The number of nitrogens with one attached hydrogen (secondary N) is 1. The Labute approximate surface area is 186 Å². The number of aryl methyl sites for hydroxylation is 2. The van der Waals surface area contributed by atoms with Crippen LogP contribution in [0.5, 0.6) is 5.75 Å². The second kappa shape index (κ2) is 8.43. The fourth-order valence-corrected chi connectivity index (χ4v) is 6.69. The Kier molecular flexibility index (Phi) is 5.64. The lowest BCUT2D eigenvalue weighted by atomic mass is 9.55. The fourth-order valence-electron chi connectivity index (χ4n) is 6.69. The third-order valence-electron chi connectivity index (χ3n) is 8.53. The van der Waals surface area contributed by atoms with Crippen molar-refractivity contribution in [1.29, 1.82) is 0 Å². The van der Waals surface area contributed by atoms with Gasteiger partial charge in [-0.25, -0.2) is 0 Å². The van der Waals surface area contributed by atoms with Crippen LogP contribution < -0.4 is 10.1 Å². The predicted molar refractivity (Wildman–Crippen MR) is 124 cm³/mol. The van der Waals surface area contributed by atoms with Gasteiger partial charge in [0, 0.05) is 24.9 Å². The first kappa shape index (κ1) is 20.8. The standard InChI is InChI=1S/C28H35NO2/c1-19-5-3-4-6-21(19)18-29-15-16-31-22-8-10-23-20(17-22)7-9-25-24(23)13-14-28(2)26(25)11-12-27(28)30/h3-6,8,10,17,24-26,29H,7,9,11-16,18H2,1-2H3/t24-,25-,26+,28+/m1/s1. The van der Waals surface area contributed by atoms with Gasteiger partial charge in [0.15, 0.2) is 0 Å². The SMILES string of the molecule is Cc1ccccc1CNCCOc1ccc2c(c1)CC[C@@H]1[C@@H]2CC[C@]2(C)C(=O)CC[C@@H]12. The molecule has 0 aromatic heterocycles. The number of hydrogen-bond acceptors (Lipinski definition) is 3. The molecule has 5 rings (SSSR count). The highest BCUT2D eigenvalue weighted by molar-refractivity contribution is 5.87. The first-order valence-corrected chi connectivity index (χ1v) is 12.1. The first-order valence-electron chi connectivity index (χ1n) is 12.1. The maximum Gasteiger partial charge on any atom is 0.139 e. The van der Waals surface area contributed by atoms with Gasteiger partial charge in [0.1, 0.15) is 18.1 Å². The first-order chi connectivity index (χ1) is 15.1. The number of rotatable bonds is 6. The molecule has 0 radical (unpaired) electrons. The third-order valence-corrected chi connectivity index (χ3v) is 8.53. The quantitative estimate of drug-likeness (QED) is 0.623. The van der Waals surface area contributed by atoms with Crippen LogP contribution in [-0.4, -0.2) is 18.9 Å². The smallest absolute Gasteiger partial charge is 0.139 e. The Morgan fingerprint density at radius 1 is 1.10 bits per heavy atom. The Hall–Kier alpha value is -2.13. The van der Waals surface area contributed by atoms with E-state index in [2.05, 4.69) is 61.6 Å². The maximum atomic E-state index is 12.5. The zero-order valence-electron chi connectivity index (χ0n) is 19.0. The molecule has 0 bridgehead atoms. The van der Waals surface area contributed by atoms with E-state index < -0.39 is 0 Å². The Morgan fingerprint density at radius 3 is 2.84 bits per heavy atom. The topological polar surface area (TPSA) is 38.3 Å². The summed E-state index contributed by atoms with van der Waals surface area (Å²) in [6, 6.07) is 15.3. The number of hydrogen-bond donors (Lipinski definition) is 1. The van der Waals surface area contributed by atoms with Crippen LogP contribution in [0, 0.1) is 24.2 Å². The number of carbonyl (C=O) groups is 1. The number of benzene rings is 2. The Balaban J connectivity index is 1.18. The normalized spacial score (nSPS) is 29.2. The second-order valence-corrected chi connectivity index (χ2v) is 10.1. The molecular weight excluding hydrogens is 382 g/mol. The number of ketones is 1. The van der Waals surface area contributed by atoms with E-state index in [9.17, 15) is 4.79 Å². The van der Waals surface area contributed by atoms with Gasteiger partial charge >= 0.3 is 0 Å². The largest absolute Gasteiger partial charge is 0.492 e. The van der Waals surface area contributed by atoms with Gasteiger partial charge in [-0.3, -0.25) is 4.79 Å². The molecule has 0 heterocycles. The van der Waals surface area contributed by atoms with Gasteiger partial charge in [-0.2, -0.15) is 0 Å². The number of ether oxygens (including phenoxy) is 1. The van der Waals surface area contributed by atoms with Gasteiger partial charge in [-0.1, -0.05) is 37.3 Å². The average Bonchev–Trinajstić information content (AvgIpc) is 3.09. The van der Waals surface area contributed by atoms with Gasteiger partial charge in [0.2, 0.25) is 0 Å². The number of Topliss-reactive ketones (excluding diaryl/α,β-unsaturated/α-hetero) is 1. The van der Waals surface area contributed by atoms with E-state index in [4.69, 9.17) is 4.74 Å². The minimum absolute atomic E-state index is 0.0347.